The van der Waals surface area contributed by atoms with Gasteiger partial charge in [-0.3, -0.25) is 14.5 Å². The molecule has 2 unspecified atom stereocenters. The molecule has 1 aliphatic heterocycles. The average molecular weight is 279 g/mol. The van der Waals surface area contributed by atoms with Crippen LogP contribution in [0, 0.1) is 17.2 Å². The third-order valence-corrected chi connectivity index (χ3v) is 4.21. The van der Waals surface area contributed by atoms with Crippen LogP contribution in [0.1, 0.15) is 32.6 Å². The zero-order valence-electron chi connectivity index (χ0n) is 12.0. The molecule has 1 aliphatic carbocycles. The molecule has 1 heterocycles. The minimum Gasteiger partial charge on any atom is -0.468 e. The summed E-state index contributed by atoms with van der Waals surface area (Å²) in [5, 5.41) is 12.0. The van der Waals surface area contributed by atoms with Crippen LogP contribution >= 0.6 is 0 Å². The van der Waals surface area contributed by atoms with Crippen molar-refractivity contribution in [2.75, 3.05) is 20.2 Å². The van der Waals surface area contributed by atoms with E-state index in [0.29, 0.717) is 6.54 Å². The van der Waals surface area contributed by atoms with Crippen LogP contribution in [0.25, 0.3) is 0 Å². The molecule has 0 aromatic carbocycles. The summed E-state index contributed by atoms with van der Waals surface area (Å²) < 4.78 is 4.75. The molecule has 2 rings (SSSR count). The van der Waals surface area contributed by atoms with Gasteiger partial charge in [0, 0.05) is 0 Å². The van der Waals surface area contributed by atoms with Crippen LogP contribution < -0.4 is 5.32 Å². The largest absolute Gasteiger partial charge is 0.468 e. The van der Waals surface area contributed by atoms with Crippen molar-refractivity contribution in [2.24, 2.45) is 5.92 Å². The van der Waals surface area contributed by atoms with Crippen LogP contribution in [-0.4, -0.2) is 48.6 Å². The van der Waals surface area contributed by atoms with E-state index in [9.17, 15) is 14.9 Å². The van der Waals surface area contributed by atoms with Gasteiger partial charge in [0.2, 0.25) is 5.91 Å². The molecule has 2 atom stereocenters. The first-order valence-corrected chi connectivity index (χ1v) is 7.04. The number of hydrogen-bond donors (Lipinski definition) is 1. The monoisotopic (exact) mass is 279 g/mol. The molecule has 2 aliphatic rings. The fraction of sp³-hybridized carbons (Fsp3) is 0.786. The van der Waals surface area contributed by atoms with Crippen molar-refractivity contribution in [1.29, 1.82) is 5.26 Å². The van der Waals surface area contributed by atoms with Crippen LogP contribution in [0.4, 0.5) is 0 Å². The number of carbonyl (C=O) groups is 2. The molecular weight excluding hydrogens is 258 g/mol. The SMILES string of the molecule is COC(=O)C1CCCN1CC(=O)NC(C)(C#N)C1CC1. The zero-order valence-corrected chi connectivity index (χ0v) is 12.0. The third kappa shape index (κ3) is 3.10. The highest BCUT2D eigenvalue weighted by atomic mass is 16.5. The van der Waals surface area contributed by atoms with Crippen molar-refractivity contribution in [3.8, 4) is 6.07 Å². The van der Waals surface area contributed by atoms with Crippen molar-refractivity contribution in [3.05, 3.63) is 0 Å². The molecule has 0 spiro atoms. The maximum atomic E-state index is 12.1. The predicted octanol–water partition coefficient (Wildman–Crippen LogP) is 0.432. The van der Waals surface area contributed by atoms with Gasteiger partial charge >= 0.3 is 5.97 Å². The van der Waals surface area contributed by atoms with Gasteiger partial charge in [-0.2, -0.15) is 5.26 Å². The number of hydrogen-bond acceptors (Lipinski definition) is 5. The van der Waals surface area contributed by atoms with E-state index in [0.717, 1.165) is 25.7 Å². The Bertz CT molecular complexity index is 441. The van der Waals surface area contributed by atoms with Crippen molar-refractivity contribution < 1.29 is 14.3 Å². The number of amides is 1. The lowest BCUT2D eigenvalue weighted by atomic mass is 9.98. The molecule has 0 aromatic rings. The highest BCUT2D eigenvalue weighted by molar-refractivity contribution is 5.81. The van der Waals surface area contributed by atoms with Gasteiger partial charge in [0.05, 0.1) is 19.7 Å². The maximum absolute atomic E-state index is 12.1. The normalized spacial score (nSPS) is 25.6. The zero-order chi connectivity index (χ0) is 14.8. The Hall–Kier alpha value is -1.61. The molecule has 1 saturated carbocycles. The van der Waals surface area contributed by atoms with Gasteiger partial charge < -0.3 is 10.1 Å². The fourth-order valence-corrected chi connectivity index (χ4v) is 2.81. The summed E-state index contributed by atoms with van der Waals surface area (Å²) >= 11 is 0. The van der Waals surface area contributed by atoms with E-state index in [1.54, 1.807) is 6.92 Å². The molecule has 20 heavy (non-hydrogen) atoms. The quantitative estimate of drug-likeness (QED) is 0.738. The molecular formula is C14H21N3O3. The second-order valence-electron chi connectivity index (χ2n) is 5.79. The first kappa shape index (κ1) is 14.8. The first-order chi connectivity index (χ1) is 9.50. The van der Waals surface area contributed by atoms with E-state index in [1.807, 2.05) is 4.90 Å². The molecule has 6 nitrogen and oxygen atoms in total. The molecule has 110 valence electrons. The molecule has 6 heteroatoms. The lowest BCUT2D eigenvalue weighted by Gasteiger charge is -2.26. The summed E-state index contributed by atoms with van der Waals surface area (Å²) in [4.78, 5) is 25.5. The van der Waals surface area contributed by atoms with Crippen LogP contribution in [0.5, 0.6) is 0 Å². The fourth-order valence-electron chi connectivity index (χ4n) is 2.81. The molecule has 0 radical (unpaired) electrons. The number of nitriles is 1. The Kier molecular flexibility index (Phi) is 4.29. The number of esters is 1. The number of carbonyl (C=O) groups excluding carboxylic acids is 2. The van der Waals surface area contributed by atoms with Gasteiger partial charge in [-0.25, -0.2) is 0 Å². The molecule has 0 bridgehead atoms. The Morgan fingerprint density at radius 2 is 2.15 bits per heavy atom. The summed E-state index contributed by atoms with van der Waals surface area (Å²) in [6, 6.07) is 1.87. The number of likely N-dealkylation sites (tertiary alicyclic amines) is 1. The standard InChI is InChI=1S/C14H21N3O3/c1-14(9-15,10-5-6-10)16-12(18)8-17-7-3-4-11(17)13(19)20-2/h10-11H,3-8H2,1-2H3,(H,16,18). The summed E-state index contributed by atoms with van der Waals surface area (Å²) in [5.74, 6) is -0.233. The Morgan fingerprint density at radius 3 is 2.70 bits per heavy atom. The number of ether oxygens (including phenoxy) is 1. The van der Waals surface area contributed by atoms with Gasteiger partial charge in [-0.15, -0.1) is 0 Å². The first-order valence-electron chi connectivity index (χ1n) is 7.04. The minimum atomic E-state index is -0.780. The van der Waals surface area contributed by atoms with E-state index in [-0.39, 0.29) is 30.4 Å². The second-order valence-corrected chi connectivity index (χ2v) is 5.79. The summed E-state index contributed by atoms with van der Waals surface area (Å²) in [7, 11) is 1.36. The number of methoxy groups -OCH3 is 1. The van der Waals surface area contributed by atoms with E-state index in [1.165, 1.54) is 7.11 Å². The average Bonchev–Trinajstić information content (AvgIpc) is 3.19. The van der Waals surface area contributed by atoms with Crippen molar-refractivity contribution in [3.63, 3.8) is 0 Å². The van der Waals surface area contributed by atoms with Crippen LogP contribution in [0.3, 0.4) is 0 Å². The Balaban J connectivity index is 1.91. The van der Waals surface area contributed by atoms with Crippen molar-refractivity contribution in [2.45, 2.75) is 44.2 Å². The maximum Gasteiger partial charge on any atom is 0.323 e. The Morgan fingerprint density at radius 1 is 1.45 bits per heavy atom. The highest BCUT2D eigenvalue weighted by Crippen LogP contribution is 2.39. The third-order valence-electron chi connectivity index (χ3n) is 4.21. The van der Waals surface area contributed by atoms with Crippen LogP contribution in [0.15, 0.2) is 0 Å². The lowest BCUT2D eigenvalue weighted by molar-refractivity contribution is -0.146. The van der Waals surface area contributed by atoms with Gasteiger partial charge in [-0.05, 0) is 45.1 Å². The van der Waals surface area contributed by atoms with Crippen molar-refractivity contribution in [1.82, 2.24) is 10.2 Å². The number of rotatable bonds is 5. The molecule has 1 amide bonds. The summed E-state index contributed by atoms with van der Waals surface area (Å²) in [6.07, 6.45) is 3.57. The molecule has 1 saturated heterocycles. The van der Waals surface area contributed by atoms with Crippen LogP contribution in [-0.2, 0) is 14.3 Å². The molecule has 0 aromatic heterocycles. The smallest absolute Gasteiger partial charge is 0.323 e. The number of nitrogens with one attached hydrogen (secondary N) is 1. The topological polar surface area (TPSA) is 82.4 Å². The Labute approximate surface area is 119 Å². The number of nitrogens with zero attached hydrogens (tertiary/aromatic N) is 2. The van der Waals surface area contributed by atoms with Gasteiger partial charge in [0.1, 0.15) is 11.6 Å². The van der Waals surface area contributed by atoms with E-state index < -0.39 is 5.54 Å². The molecule has 1 N–H and O–H groups in total. The van der Waals surface area contributed by atoms with E-state index in [2.05, 4.69) is 11.4 Å². The highest BCUT2D eigenvalue weighted by Gasteiger charge is 2.43. The van der Waals surface area contributed by atoms with E-state index >= 15 is 0 Å². The van der Waals surface area contributed by atoms with Gasteiger partial charge in [0.25, 0.3) is 0 Å². The van der Waals surface area contributed by atoms with Gasteiger partial charge in [0.15, 0.2) is 0 Å². The summed E-state index contributed by atoms with van der Waals surface area (Å²) in [5.41, 5.74) is -0.780. The molecule has 2 fully saturated rings. The second kappa shape index (κ2) is 5.80. The minimum absolute atomic E-state index is 0.143. The lowest BCUT2D eigenvalue weighted by Crippen LogP contribution is -2.51. The van der Waals surface area contributed by atoms with Crippen molar-refractivity contribution >= 4 is 11.9 Å². The summed E-state index contributed by atoms with van der Waals surface area (Å²) in [6.45, 7) is 2.62. The van der Waals surface area contributed by atoms with E-state index in [4.69, 9.17) is 4.74 Å². The van der Waals surface area contributed by atoms with Crippen LogP contribution in [0.2, 0.25) is 0 Å². The predicted molar refractivity (Wildman–Crippen MR) is 71.5 cm³/mol. The van der Waals surface area contributed by atoms with Gasteiger partial charge in [-0.1, -0.05) is 0 Å².